The number of aliphatic imine (C=N–C) groups is 1. The lowest BCUT2D eigenvalue weighted by atomic mass is 10.1. The van der Waals surface area contributed by atoms with Crippen LogP contribution in [0, 0.1) is 0 Å². The minimum Gasteiger partial charge on any atom is -0.334 e. The molecule has 6 heteroatoms. The van der Waals surface area contributed by atoms with Gasteiger partial charge >= 0.3 is 0 Å². The van der Waals surface area contributed by atoms with Gasteiger partial charge in [0, 0.05) is 9.86 Å². The van der Waals surface area contributed by atoms with Gasteiger partial charge in [0.15, 0.2) is 5.17 Å². The summed E-state index contributed by atoms with van der Waals surface area (Å²) in [6, 6.07) is 19.7. The van der Waals surface area contributed by atoms with Crippen molar-refractivity contribution in [1.82, 2.24) is 0 Å². The Labute approximate surface area is 157 Å². The summed E-state index contributed by atoms with van der Waals surface area (Å²) in [5.74, 6) is 0.212. The SMILES string of the molecule is O=C(CSC1=Nc2cccc3cccc(c23)N1)Nc1ccccc1Br. The number of hydrogen-bond donors (Lipinski definition) is 2. The Morgan fingerprint density at radius 2 is 1.88 bits per heavy atom. The lowest BCUT2D eigenvalue weighted by Crippen LogP contribution is -2.18. The first-order valence-corrected chi connectivity index (χ1v) is 9.53. The summed E-state index contributed by atoms with van der Waals surface area (Å²) in [6.07, 6.45) is 0. The molecule has 3 aromatic rings. The summed E-state index contributed by atoms with van der Waals surface area (Å²) in [7, 11) is 0. The lowest BCUT2D eigenvalue weighted by Gasteiger charge is -2.18. The monoisotopic (exact) mass is 411 g/mol. The van der Waals surface area contributed by atoms with Crippen LogP contribution in [0.25, 0.3) is 10.8 Å². The maximum Gasteiger partial charge on any atom is 0.234 e. The summed E-state index contributed by atoms with van der Waals surface area (Å²) in [6.45, 7) is 0. The number of thioether (sulfide) groups is 1. The van der Waals surface area contributed by atoms with E-state index in [1.165, 1.54) is 11.8 Å². The van der Waals surface area contributed by atoms with Crippen LogP contribution >= 0.6 is 27.7 Å². The number of amides is 1. The quantitative estimate of drug-likeness (QED) is 0.607. The van der Waals surface area contributed by atoms with E-state index in [2.05, 4.69) is 43.7 Å². The molecular formula is C19H14BrN3OS. The smallest absolute Gasteiger partial charge is 0.234 e. The number of hydrogen-bond acceptors (Lipinski definition) is 4. The summed E-state index contributed by atoms with van der Waals surface area (Å²) in [4.78, 5) is 16.8. The molecule has 0 unspecified atom stereocenters. The summed E-state index contributed by atoms with van der Waals surface area (Å²) < 4.78 is 0.863. The van der Waals surface area contributed by atoms with Gasteiger partial charge in [0.05, 0.1) is 22.8 Å². The van der Waals surface area contributed by atoms with Crippen molar-refractivity contribution in [1.29, 1.82) is 0 Å². The third-order valence-electron chi connectivity index (χ3n) is 3.83. The van der Waals surface area contributed by atoms with E-state index in [1.54, 1.807) is 0 Å². The van der Waals surface area contributed by atoms with E-state index in [4.69, 9.17) is 0 Å². The van der Waals surface area contributed by atoms with Gasteiger partial charge in [-0.2, -0.15) is 0 Å². The van der Waals surface area contributed by atoms with Crippen LogP contribution in [0.5, 0.6) is 0 Å². The molecule has 0 spiro atoms. The van der Waals surface area contributed by atoms with Gasteiger partial charge in [-0.25, -0.2) is 4.99 Å². The highest BCUT2D eigenvalue weighted by atomic mass is 79.9. The van der Waals surface area contributed by atoms with Gasteiger partial charge in [0.1, 0.15) is 0 Å². The van der Waals surface area contributed by atoms with Crippen LogP contribution in [0.4, 0.5) is 17.1 Å². The lowest BCUT2D eigenvalue weighted by molar-refractivity contribution is -0.113. The second kappa shape index (κ2) is 6.90. The highest BCUT2D eigenvalue weighted by molar-refractivity contribution is 9.10. The van der Waals surface area contributed by atoms with Crippen LogP contribution in [0.3, 0.4) is 0 Å². The highest BCUT2D eigenvalue weighted by Gasteiger charge is 2.15. The van der Waals surface area contributed by atoms with Gasteiger partial charge in [0.25, 0.3) is 0 Å². The molecule has 4 nitrogen and oxygen atoms in total. The Morgan fingerprint density at radius 3 is 2.72 bits per heavy atom. The first-order valence-electron chi connectivity index (χ1n) is 7.75. The minimum absolute atomic E-state index is 0.0709. The number of nitrogens with one attached hydrogen (secondary N) is 2. The zero-order valence-corrected chi connectivity index (χ0v) is 15.5. The first-order chi connectivity index (χ1) is 12.2. The second-order valence-corrected chi connectivity index (χ2v) is 7.36. The fraction of sp³-hybridized carbons (Fsp3) is 0.0526. The Bertz CT molecular complexity index is 998. The van der Waals surface area contributed by atoms with Gasteiger partial charge in [-0.3, -0.25) is 4.79 Å². The molecule has 0 aromatic heterocycles. The van der Waals surface area contributed by atoms with Crippen molar-refractivity contribution < 1.29 is 4.79 Å². The van der Waals surface area contributed by atoms with Gasteiger partial charge in [0.2, 0.25) is 5.91 Å². The largest absolute Gasteiger partial charge is 0.334 e. The molecule has 0 aliphatic carbocycles. The summed E-state index contributed by atoms with van der Waals surface area (Å²) in [5.41, 5.74) is 2.72. The normalized spacial score (nSPS) is 12.4. The van der Waals surface area contributed by atoms with Crippen molar-refractivity contribution in [2.45, 2.75) is 0 Å². The Morgan fingerprint density at radius 1 is 1.08 bits per heavy atom. The number of halogens is 1. The van der Waals surface area contributed by atoms with E-state index in [9.17, 15) is 4.79 Å². The number of para-hydroxylation sites is 1. The molecular weight excluding hydrogens is 398 g/mol. The zero-order valence-electron chi connectivity index (χ0n) is 13.1. The van der Waals surface area contributed by atoms with E-state index in [1.807, 2.05) is 48.5 Å². The molecule has 0 atom stereocenters. The number of carbonyl (C=O) groups excluding carboxylic acids is 1. The fourth-order valence-electron chi connectivity index (χ4n) is 2.72. The molecule has 124 valence electrons. The van der Waals surface area contributed by atoms with Crippen molar-refractivity contribution in [2.75, 3.05) is 16.4 Å². The minimum atomic E-state index is -0.0709. The van der Waals surface area contributed by atoms with Gasteiger partial charge in [-0.05, 0) is 45.6 Å². The summed E-state index contributed by atoms with van der Waals surface area (Å²) >= 11 is 4.82. The Hall–Kier alpha value is -2.31. The van der Waals surface area contributed by atoms with Crippen LogP contribution in [0.15, 0.2) is 70.1 Å². The molecule has 2 N–H and O–H groups in total. The highest BCUT2D eigenvalue weighted by Crippen LogP contribution is 2.36. The van der Waals surface area contributed by atoms with Crippen LogP contribution in [-0.4, -0.2) is 16.8 Å². The maximum atomic E-state index is 12.2. The molecule has 4 rings (SSSR count). The van der Waals surface area contributed by atoms with Crippen molar-refractivity contribution in [3.05, 3.63) is 65.1 Å². The fourth-order valence-corrected chi connectivity index (χ4v) is 3.79. The maximum absolute atomic E-state index is 12.2. The Balaban J connectivity index is 1.47. The van der Waals surface area contributed by atoms with Crippen molar-refractivity contribution in [3.63, 3.8) is 0 Å². The molecule has 1 amide bonds. The number of rotatable bonds is 3. The first kappa shape index (κ1) is 16.2. The van der Waals surface area contributed by atoms with Crippen molar-refractivity contribution >= 4 is 66.6 Å². The molecule has 1 aliphatic rings. The van der Waals surface area contributed by atoms with Crippen LogP contribution in [-0.2, 0) is 4.79 Å². The number of nitrogens with zero attached hydrogens (tertiary/aromatic N) is 1. The third kappa shape index (κ3) is 3.41. The number of amidine groups is 1. The van der Waals surface area contributed by atoms with Gasteiger partial charge in [-0.1, -0.05) is 48.2 Å². The molecule has 1 aliphatic heterocycles. The van der Waals surface area contributed by atoms with Gasteiger partial charge in [-0.15, -0.1) is 0 Å². The van der Waals surface area contributed by atoms with Crippen molar-refractivity contribution in [3.8, 4) is 0 Å². The predicted molar refractivity (Wildman–Crippen MR) is 110 cm³/mol. The molecule has 1 heterocycles. The zero-order chi connectivity index (χ0) is 17.2. The molecule has 0 bridgehead atoms. The van der Waals surface area contributed by atoms with Crippen LogP contribution < -0.4 is 10.6 Å². The molecule has 0 saturated carbocycles. The van der Waals surface area contributed by atoms with Crippen LogP contribution in [0.1, 0.15) is 0 Å². The predicted octanol–water partition coefficient (Wildman–Crippen LogP) is 5.39. The van der Waals surface area contributed by atoms with E-state index >= 15 is 0 Å². The molecule has 0 fully saturated rings. The van der Waals surface area contributed by atoms with E-state index in [-0.39, 0.29) is 11.7 Å². The molecule has 3 aromatic carbocycles. The topological polar surface area (TPSA) is 53.5 Å². The Kier molecular flexibility index (Phi) is 4.46. The number of anilines is 2. The average Bonchev–Trinajstić information content (AvgIpc) is 2.62. The van der Waals surface area contributed by atoms with Crippen LogP contribution in [0.2, 0.25) is 0 Å². The summed E-state index contributed by atoms with van der Waals surface area (Å²) in [5, 5.41) is 9.22. The van der Waals surface area contributed by atoms with E-state index in [0.717, 1.165) is 37.5 Å². The average molecular weight is 412 g/mol. The van der Waals surface area contributed by atoms with Gasteiger partial charge < -0.3 is 10.6 Å². The standard InChI is InChI=1S/C19H14BrN3OS/c20-13-7-1-2-8-14(13)21-17(24)11-25-19-22-15-9-3-5-12-6-4-10-16(23-19)18(12)15/h1-10H,11H2,(H,21,24)(H,22,23). The molecule has 0 saturated heterocycles. The number of carbonyl (C=O) groups is 1. The van der Waals surface area contributed by atoms with E-state index < -0.39 is 0 Å². The second-order valence-electron chi connectivity index (χ2n) is 5.54. The number of benzene rings is 3. The van der Waals surface area contributed by atoms with E-state index in [0.29, 0.717) is 0 Å². The van der Waals surface area contributed by atoms with Crippen molar-refractivity contribution in [2.24, 2.45) is 4.99 Å². The molecule has 0 radical (unpaired) electrons. The third-order valence-corrected chi connectivity index (χ3v) is 5.40. The molecule has 25 heavy (non-hydrogen) atoms.